The Kier molecular flexibility index (Phi) is 6.80. The number of hydrogen-bond acceptors (Lipinski definition) is 3. The molecule has 1 atom stereocenters. The van der Waals surface area contributed by atoms with Crippen LogP contribution in [0.15, 0.2) is 35.7 Å². The predicted octanol–water partition coefficient (Wildman–Crippen LogP) is 5.28. The zero-order chi connectivity index (χ0) is 21.9. The summed E-state index contributed by atoms with van der Waals surface area (Å²) in [5.41, 5.74) is 0.404. The third-order valence-electron chi connectivity index (χ3n) is 5.17. The summed E-state index contributed by atoms with van der Waals surface area (Å²) in [6, 6.07) is 4.09. The van der Waals surface area contributed by atoms with Crippen LogP contribution in [0.1, 0.15) is 48.6 Å². The Labute approximate surface area is 175 Å². The van der Waals surface area contributed by atoms with Crippen molar-refractivity contribution in [1.82, 2.24) is 5.32 Å². The van der Waals surface area contributed by atoms with Gasteiger partial charge in [0, 0.05) is 16.6 Å². The molecule has 2 amide bonds. The van der Waals surface area contributed by atoms with Crippen LogP contribution in [0.2, 0.25) is 0 Å². The van der Waals surface area contributed by atoms with Gasteiger partial charge in [0.1, 0.15) is 5.82 Å². The van der Waals surface area contributed by atoms with E-state index in [1.807, 2.05) is 0 Å². The van der Waals surface area contributed by atoms with Crippen molar-refractivity contribution in [2.24, 2.45) is 0 Å². The fourth-order valence-corrected chi connectivity index (χ4v) is 4.68. The van der Waals surface area contributed by atoms with Gasteiger partial charge in [0.05, 0.1) is 0 Å². The highest BCUT2D eigenvalue weighted by molar-refractivity contribution is 7.10. The van der Waals surface area contributed by atoms with Gasteiger partial charge in [0.15, 0.2) is 6.04 Å². The number of benzene rings is 1. The number of anilines is 1. The fourth-order valence-electron chi connectivity index (χ4n) is 3.67. The SMILES string of the molecule is Cc1ccsc1[C@H](C(=O)NC1CCCCC1)N(C(=O)C(F)(F)F)c1ccc(F)cc1. The summed E-state index contributed by atoms with van der Waals surface area (Å²) in [6.45, 7) is 1.67. The molecule has 1 aliphatic rings. The number of nitrogens with zero attached hydrogens (tertiary/aromatic N) is 1. The smallest absolute Gasteiger partial charge is 0.351 e. The summed E-state index contributed by atoms with van der Waals surface area (Å²) in [4.78, 5) is 26.4. The van der Waals surface area contributed by atoms with E-state index in [-0.39, 0.29) is 11.7 Å². The largest absolute Gasteiger partial charge is 0.471 e. The van der Waals surface area contributed by atoms with Crippen LogP contribution in [0.5, 0.6) is 0 Å². The third-order valence-corrected chi connectivity index (χ3v) is 6.25. The second-order valence-corrected chi connectivity index (χ2v) is 8.31. The molecule has 3 rings (SSSR count). The van der Waals surface area contributed by atoms with Crippen LogP contribution in [-0.4, -0.2) is 24.0 Å². The minimum Gasteiger partial charge on any atom is -0.351 e. The molecule has 1 aromatic heterocycles. The van der Waals surface area contributed by atoms with E-state index in [1.54, 1.807) is 18.4 Å². The highest BCUT2D eigenvalue weighted by atomic mass is 32.1. The Morgan fingerprint density at radius 1 is 1.10 bits per heavy atom. The van der Waals surface area contributed by atoms with E-state index >= 15 is 0 Å². The van der Waals surface area contributed by atoms with E-state index in [4.69, 9.17) is 0 Å². The Morgan fingerprint density at radius 2 is 1.73 bits per heavy atom. The van der Waals surface area contributed by atoms with Crippen molar-refractivity contribution < 1.29 is 27.2 Å². The molecule has 2 aromatic rings. The molecule has 1 N–H and O–H groups in total. The van der Waals surface area contributed by atoms with Crippen molar-refractivity contribution in [2.45, 2.75) is 57.3 Å². The number of amides is 2. The van der Waals surface area contributed by atoms with Gasteiger partial charge in [0.25, 0.3) is 0 Å². The topological polar surface area (TPSA) is 49.4 Å². The van der Waals surface area contributed by atoms with Gasteiger partial charge in [-0.1, -0.05) is 19.3 Å². The van der Waals surface area contributed by atoms with E-state index in [2.05, 4.69) is 5.32 Å². The number of alkyl halides is 3. The first-order valence-electron chi connectivity index (χ1n) is 9.69. The maximum absolute atomic E-state index is 13.5. The molecule has 0 unspecified atom stereocenters. The molecule has 0 spiro atoms. The molecular weight excluding hydrogens is 420 g/mol. The Bertz CT molecular complexity index is 889. The average molecular weight is 442 g/mol. The fraction of sp³-hybridized carbons (Fsp3) is 0.429. The maximum Gasteiger partial charge on any atom is 0.471 e. The number of carbonyl (C=O) groups is 2. The first-order chi connectivity index (χ1) is 14.2. The molecule has 9 heteroatoms. The van der Waals surface area contributed by atoms with E-state index in [0.29, 0.717) is 15.3 Å². The summed E-state index contributed by atoms with van der Waals surface area (Å²) in [6.07, 6.45) is -0.818. The van der Waals surface area contributed by atoms with Crippen LogP contribution in [-0.2, 0) is 9.59 Å². The van der Waals surface area contributed by atoms with E-state index < -0.39 is 29.8 Å². The molecule has 1 saturated carbocycles. The monoisotopic (exact) mass is 442 g/mol. The maximum atomic E-state index is 13.5. The van der Waals surface area contributed by atoms with Crippen LogP contribution in [0, 0.1) is 12.7 Å². The summed E-state index contributed by atoms with van der Waals surface area (Å²) >= 11 is 1.11. The Balaban J connectivity index is 2.06. The van der Waals surface area contributed by atoms with Gasteiger partial charge in [-0.3, -0.25) is 14.5 Å². The lowest BCUT2D eigenvalue weighted by atomic mass is 9.95. The van der Waals surface area contributed by atoms with E-state index in [0.717, 1.165) is 67.7 Å². The number of thiophene rings is 1. The number of carbonyl (C=O) groups excluding carboxylic acids is 2. The average Bonchev–Trinajstić information content (AvgIpc) is 3.11. The van der Waals surface area contributed by atoms with Crippen LogP contribution >= 0.6 is 11.3 Å². The zero-order valence-electron chi connectivity index (χ0n) is 16.3. The molecule has 0 aliphatic heterocycles. The minimum atomic E-state index is -5.21. The molecule has 30 heavy (non-hydrogen) atoms. The number of halogens is 4. The number of hydrogen-bond donors (Lipinski definition) is 1. The van der Waals surface area contributed by atoms with Crippen LogP contribution in [0.4, 0.5) is 23.2 Å². The van der Waals surface area contributed by atoms with E-state index in [1.165, 1.54) is 0 Å². The van der Waals surface area contributed by atoms with Gasteiger partial charge >= 0.3 is 12.1 Å². The molecular formula is C21H22F4N2O2S. The molecule has 1 aliphatic carbocycles. The second kappa shape index (κ2) is 9.16. The highest BCUT2D eigenvalue weighted by Gasteiger charge is 2.48. The van der Waals surface area contributed by atoms with Gasteiger partial charge < -0.3 is 5.32 Å². The summed E-state index contributed by atoms with van der Waals surface area (Å²) < 4.78 is 53.9. The highest BCUT2D eigenvalue weighted by Crippen LogP contribution is 2.36. The Hall–Kier alpha value is -2.42. The Morgan fingerprint density at radius 3 is 2.27 bits per heavy atom. The van der Waals surface area contributed by atoms with Crippen LogP contribution in [0.25, 0.3) is 0 Å². The lowest BCUT2D eigenvalue weighted by Gasteiger charge is -2.33. The number of rotatable bonds is 5. The predicted molar refractivity (Wildman–Crippen MR) is 107 cm³/mol. The standard InChI is InChI=1S/C21H22F4N2O2S/c1-13-11-12-30-18(13)17(19(28)26-15-5-3-2-4-6-15)27(20(29)21(23,24)25)16-9-7-14(22)8-10-16/h7-12,15,17H,2-6H2,1H3,(H,26,28)/t17-/m1/s1. The lowest BCUT2D eigenvalue weighted by molar-refractivity contribution is -0.171. The van der Waals surface area contributed by atoms with Gasteiger partial charge in [0.2, 0.25) is 5.91 Å². The molecule has 0 bridgehead atoms. The first kappa shape index (κ1) is 22.3. The molecule has 1 fully saturated rings. The summed E-state index contributed by atoms with van der Waals surface area (Å²) in [7, 11) is 0. The van der Waals surface area contributed by atoms with Crippen LogP contribution < -0.4 is 10.2 Å². The van der Waals surface area contributed by atoms with Crippen molar-refractivity contribution in [2.75, 3.05) is 4.90 Å². The van der Waals surface area contributed by atoms with Gasteiger partial charge in [-0.2, -0.15) is 13.2 Å². The molecule has 1 heterocycles. The van der Waals surface area contributed by atoms with E-state index in [9.17, 15) is 27.2 Å². The third kappa shape index (κ3) is 5.00. The van der Waals surface area contributed by atoms with Crippen molar-refractivity contribution in [3.05, 3.63) is 52.0 Å². The first-order valence-corrected chi connectivity index (χ1v) is 10.6. The normalized spacial score (nSPS) is 16.2. The number of aryl methyl sites for hydroxylation is 1. The van der Waals surface area contributed by atoms with Crippen molar-refractivity contribution in [3.63, 3.8) is 0 Å². The van der Waals surface area contributed by atoms with Crippen molar-refractivity contribution in [1.29, 1.82) is 0 Å². The van der Waals surface area contributed by atoms with Gasteiger partial charge in [-0.15, -0.1) is 11.3 Å². The van der Waals surface area contributed by atoms with Crippen molar-refractivity contribution in [3.8, 4) is 0 Å². The lowest BCUT2D eigenvalue weighted by Crippen LogP contribution is -2.50. The zero-order valence-corrected chi connectivity index (χ0v) is 17.2. The molecule has 0 radical (unpaired) electrons. The molecule has 4 nitrogen and oxygen atoms in total. The quantitative estimate of drug-likeness (QED) is 0.641. The van der Waals surface area contributed by atoms with Crippen molar-refractivity contribution >= 4 is 28.8 Å². The minimum absolute atomic E-state index is 0.148. The summed E-state index contributed by atoms with van der Waals surface area (Å²) in [5, 5.41) is 4.49. The van der Waals surface area contributed by atoms with Gasteiger partial charge in [-0.05, 0) is 61.0 Å². The van der Waals surface area contributed by atoms with Crippen LogP contribution in [0.3, 0.4) is 0 Å². The van der Waals surface area contributed by atoms with Gasteiger partial charge in [-0.25, -0.2) is 4.39 Å². The molecule has 162 valence electrons. The second-order valence-electron chi connectivity index (χ2n) is 7.36. The molecule has 1 aromatic carbocycles. The number of nitrogens with one attached hydrogen (secondary N) is 1. The molecule has 0 saturated heterocycles. The summed E-state index contributed by atoms with van der Waals surface area (Å²) in [5.74, 6) is -3.51.